The Bertz CT molecular complexity index is 979. The number of halogens is 1. The van der Waals surface area contributed by atoms with Crippen LogP contribution in [0.15, 0.2) is 89.4 Å². The number of rotatable bonds is 3. The summed E-state index contributed by atoms with van der Waals surface area (Å²) in [6, 6.07) is 25.7. The van der Waals surface area contributed by atoms with Crippen molar-refractivity contribution in [2.24, 2.45) is 0 Å². The molecule has 4 heteroatoms. The Hall–Kier alpha value is -2.69. The largest absolute Gasteiger partial charge is 0.421 e. The van der Waals surface area contributed by atoms with E-state index in [4.69, 9.17) is 4.74 Å². The number of esters is 1. The second-order valence-corrected chi connectivity index (χ2v) is 6.94. The van der Waals surface area contributed by atoms with Gasteiger partial charge in [-0.15, -0.1) is 0 Å². The van der Waals surface area contributed by atoms with E-state index in [1.54, 1.807) is 24.3 Å². The highest BCUT2D eigenvalue weighted by molar-refractivity contribution is 9.10. The number of hydrogen-bond acceptors (Lipinski definition) is 3. The summed E-state index contributed by atoms with van der Waals surface area (Å²) in [5, 5.41) is 11.4. The monoisotopic (exact) mass is 406 g/mol. The summed E-state index contributed by atoms with van der Waals surface area (Å²) < 4.78 is 6.44. The van der Waals surface area contributed by atoms with Crippen molar-refractivity contribution in [3.8, 4) is 0 Å². The second kappa shape index (κ2) is 6.56. The Labute approximate surface area is 159 Å². The van der Waals surface area contributed by atoms with Crippen molar-refractivity contribution in [1.82, 2.24) is 0 Å². The van der Waals surface area contributed by atoms with E-state index in [0.29, 0.717) is 22.3 Å². The van der Waals surface area contributed by atoms with Crippen molar-refractivity contribution in [3.05, 3.63) is 106 Å². The van der Waals surface area contributed by atoms with E-state index in [-0.39, 0.29) is 0 Å². The van der Waals surface area contributed by atoms with Gasteiger partial charge in [-0.3, -0.25) is 0 Å². The highest BCUT2D eigenvalue weighted by Crippen LogP contribution is 2.48. The van der Waals surface area contributed by atoms with Crippen LogP contribution < -0.4 is 0 Å². The van der Waals surface area contributed by atoms with E-state index < -0.39 is 11.8 Å². The topological polar surface area (TPSA) is 46.5 Å². The van der Waals surface area contributed by atoms with Crippen molar-refractivity contribution < 1.29 is 14.6 Å². The van der Waals surface area contributed by atoms with E-state index >= 15 is 0 Å². The summed E-state index contributed by atoms with van der Waals surface area (Å²) in [5.74, 6) is -2.38. The minimum atomic E-state index is -1.83. The quantitative estimate of drug-likeness (QED) is 0.637. The first-order valence-electron chi connectivity index (χ1n) is 8.17. The van der Waals surface area contributed by atoms with Gasteiger partial charge in [-0.05, 0) is 23.3 Å². The average Bonchev–Trinajstić information content (AvgIpc) is 2.95. The molecule has 1 aliphatic heterocycles. The molecule has 3 nitrogen and oxygen atoms in total. The molecule has 0 spiro atoms. The standard InChI is InChI=1S/C22H15BrO3/c23-18-13-11-15(12-14-18)19-20(16-7-3-1-4-8-16)22(25,26-21(19)24)17-9-5-2-6-10-17/h1-14,25H. The molecule has 3 aromatic rings. The molecule has 0 aliphatic carbocycles. The fourth-order valence-corrected chi connectivity index (χ4v) is 3.46. The van der Waals surface area contributed by atoms with Gasteiger partial charge in [0.1, 0.15) is 0 Å². The second-order valence-electron chi connectivity index (χ2n) is 6.02. The molecule has 0 saturated heterocycles. The van der Waals surface area contributed by atoms with E-state index in [1.165, 1.54) is 0 Å². The summed E-state index contributed by atoms with van der Waals surface area (Å²) in [6.45, 7) is 0. The third-order valence-electron chi connectivity index (χ3n) is 4.39. The summed E-state index contributed by atoms with van der Waals surface area (Å²) in [5.41, 5.74) is 2.78. The van der Waals surface area contributed by atoms with Crippen molar-refractivity contribution in [2.75, 3.05) is 0 Å². The lowest BCUT2D eigenvalue weighted by molar-refractivity contribution is -0.178. The predicted molar refractivity (Wildman–Crippen MR) is 104 cm³/mol. The Morgan fingerprint density at radius 1 is 0.769 bits per heavy atom. The van der Waals surface area contributed by atoms with Gasteiger partial charge in [0.05, 0.1) is 11.1 Å². The predicted octanol–water partition coefficient (Wildman–Crippen LogP) is 4.76. The maximum absolute atomic E-state index is 12.8. The smallest absolute Gasteiger partial charge is 0.342 e. The molecule has 1 unspecified atom stereocenters. The van der Waals surface area contributed by atoms with Gasteiger partial charge in [0.15, 0.2) is 0 Å². The van der Waals surface area contributed by atoms with Crippen LogP contribution in [0.25, 0.3) is 11.1 Å². The Morgan fingerprint density at radius 3 is 1.96 bits per heavy atom. The first-order chi connectivity index (χ1) is 12.6. The molecule has 1 aliphatic rings. The normalized spacial score (nSPS) is 19.5. The van der Waals surface area contributed by atoms with Gasteiger partial charge in [0.2, 0.25) is 0 Å². The Morgan fingerprint density at radius 2 is 1.35 bits per heavy atom. The molecule has 1 N–H and O–H groups in total. The average molecular weight is 407 g/mol. The zero-order valence-corrected chi connectivity index (χ0v) is 15.3. The third kappa shape index (κ3) is 2.77. The lowest BCUT2D eigenvalue weighted by Crippen LogP contribution is -2.28. The number of hydrogen-bond donors (Lipinski definition) is 1. The first-order valence-corrected chi connectivity index (χ1v) is 8.96. The van der Waals surface area contributed by atoms with Crippen molar-refractivity contribution in [2.45, 2.75) is 5.79 Å². The maximum atomic E-state index is 12.8. The molecule has 0 fully saturated rings. The van der Waals surface area contributed by atoms with Crippen LogP contribution in [0, 0.1) is 0 Å². The van der Waals surface area contributed by atoms with Gasteiger partial charge in [0, 0.05) is 10.0 Å². The van der Waals surface area contributed by atoms with Gasteiger partial charge in [0.25, 0.3) is 5.79 Å². The number of carbonyl (C=O) groups excluding carboxylic acids is 1. The van der Waals surface area contributed by atoms with Crippen LogP contribution in [0.5, 0.6) is 0 Å². The van der Waals surface area contributed by atoms with Crippen LogP contribution in [0.1, 0.15) is 16.7 Å². The van der Waals surface area contributed by atoms with Gasteiger partial charge in [-0.2, -0.15) is 0 Å². The fraction of sp³-hybridized carbons (Fsp3) is 0.0455. The number of carbonyl (C=O) groups is 1. The lowest BCUT2D eigenvalue weighted by Gasteiger charge is -2.25. The van der Waals surface area contributed by atoms with E-state index in [0.717, 1.165) is 10.0 Å². The van der Waals surface area contributed by atoms with Crippen molar-refractivity contribution in [1.29, 1.82) is 0 Å². The number of cyclic esters (lactones) is 1. The molecule has 1 heterocycles. The van der Waals surface area contributed by atoms with E-state index in [1.807, 2.05) is 60.7 Å². The minimum absolute atomic E-state index is 0.370. The maximum Gasteiger partial charge on any atom is 0.342 e. The number of aliphatic hydroxyl groups is 1. The van der Waals surface area contributed by atoms with Crippen LogP contribution in [0.4, 0.5) is 0 Å². The number of benzene rings is 3. The molecule has 0 bridgehead atoms. The van der Waals surface area contributed by atoms with Crippen LogP contribution in [-0.2, 0) is 15.3 Å². The summed E-state index contributed by atoms with van der Waals surface area (Å²) in [7, 11) is 0. The Kier molecular flexibility index (Phi) is 4.23. The molecule has 0 aromatic heterocycles. The molecule has 128 valence electrons. The van der Waals surface area contributed by atoms with E-state index in [2.05, 4.69) is 15.9 Å². The van der Waals surface area contributed by atoms with Crippen LogP contribution >= 0.6 is 15.9 Å². The third-order valence-corrected chi connectivity index (χ3v) is 4.92. The highest BCUT2D eigenvalue weighted by atomic mass is 79.9. The van der Waals surface area contributed by atoms with E-state index in [9.17, 15) is 9.90 Å². The van der Waals surface area contributed by atoms with Crippen LogP contribution in [-0.4, -0.2) is 11.1 Å². The first kappa shape index (κ1) is 16.8. The van der Waals surface area contributed by atoms with Crippen LogP contribution in [0.2, 0.25) is 0 Å². The van der Waals surface area contributed by atoms with Crippen molar-refractivity contribution >= 4 is 33.0 Å². The summed E-state index contributed by atoms with van der Waals surface area (Å²) >= 11 is 3.41. The molecule has 0 saturated carbocycles. The molecule has 4 rings (SSSR count). The molecule has 3 aromatic carbocycles. The summed E-state index contributed by atoms with van der Waals surface area (Å²) in [6.07, 6.45) is 0. The van der Waals surface area contributed by atoms with Gasteiger partial charge in [-0.1, -0.05) is 88.7 Å². The van der Waals surface area contributed by atoms with Gasteiger partial charge in [-0.25, -0.2) is 4.79 Å². The Balaban J connectivity index is 2.00. The molecular formula is C22H15BrO3. The summed E-state index contributed by atoms with van der Waals surface area (Å²) in [4.78, 5) is 12.8. The lowest BCUT2D eigenvalue weighted by atomic mass is 9.87. The zero-order valence-electron chi connectivity index (χ0n) is 13.7. The molecular weight excluding hydrogens is 392 g/mol. The molecule has 0 radical (unpaired) electrons. The molecule has 0 amide bonds. The van der Waals surface area contributed by atoms with Crippen LogP contribution in [0.3, 0.4) is 0 Å². The highest BCUT2D eigenvalue weighted by Gasteiger charge is 2.48. The number of ether oxygens (including phenoxy) is 1. The van der Waals surface area contributed by atoms with Gasteiger partial charge < -0.3 is 9.84 Å². The molecule has 26 heavy (non-hydrogen) atoms. The van der Waals surface area contributed by atoms with Crippen molar-refractivity contribution in [3.63, 3.8) is 0 Å². The fourth-order valence-electron chi connectivity index (χ4n) is 3.20. The van der Waals surface area contributed by atoms with Gasteiger partial charge >= 0.3 is 5.97 Å². The zero-order chi connectivity index (χ0) is 18.1. The minimum Gasteiger partial charge on any atom is -0.421 e. The molecule has 1 atom stereocenters. The SMILES string of the molecule is O=C1OC(O)(c2ccccc2)C(c2ccccc2)=C1c1ccc(Br)cc1.